The number of fused-ring (bicyclic) bond motifs is 2. The van der Waals surface area contributed by atoms with Crippen LogP contribution in [0.2, 0.25) is 0 Å². The topological polar surface area (TPSA) is 32.3 Å². The highest BCUT2D eigenvalue weighted by molar-refractivity contribution is 5.90. The van der Waals surface area contributed by atoms with Gasteiger partial charge in [0.2, 0.25) is 5.91 Å². The van der Waals surface area contributed by atoms with Crippen LogP contribution in [0.25, 0.3) is 10.8 Å². The van der Waals surface area contributed by atoms with E-state index in [9.17, 15) is 4.79 Å². The van der Waals surface area contributed by atoms with Crippen molar-refractivity contribution >= 4 is 29.1 Å². The van der Waals surface area contributed by atoms with Crippen molar-refractivity contribution < 1.29 is 4.79 Å². The smallest absolute Gasteiger partial charge is 0.227 e. The van der Waals surface area contributed by atoms with Crippen LogP contribution in [0.3, 0.4) is 0 Å². The summed E-state index contributed by atoms with van der Waals surface area (Å²) in [6, 6.07) is 14.6. The molecule has 0 radical (unpaired) electrons. The summed E-state index contributed by atoms with van der Waals surface area (Å²) in [4.78, 5) is 14.9. The van der Waals surface area contributed by atoms with E-state index in [2.05, 4.69) is 52.7 Å². The van der Waals surface area contributed by atoms with E-state index in [0.29, 0.717) is 6.42 Å². The normalized spacial score (nSPS) is 23.4. The Labute approximate surface area is 149 Å². The van der Waals surface area contributed by atoms with E-state index in [1.807, 2.05) is 0 Å². The maximum Gasteiger partial charge on any atom is 0.227 e. The van der Waals surface area contributed by atoms with Crippen molar-refractivity contribution in [2.75, 3.05) is 26.2 Å². The third kappa shape index (κ3) is 3.42. The van der Waals surface area contributed by atoms with Gasteiger partial charge in [0.25, 0.3) is 0 Å². The molecule has 1 N–H and O–H groups in total. The van der Waals surface area contributed by atoms with E-state index in [-0.39, 0.29) is 18.3 Å². The van der Waals surface area contributed by atoms with Gasteiger partial charge >= 0.3 is 0 Å². The highest BCUT2D eigenvalue weighted by Gasteiger charge is 2.31. The van der Waals surface area contributed by atoms with E-state index < -0.39 is 0 Å². The predicted molar refractivity (Wildman–Crippen MR) is 101 cm³/mol. The first-order valence-electron chi connectivity index (χ1n) is 8.76. The Morgan fingerprint density at radius 2 is 1.67 bits per heavy atom. The summed E-state index contributed by atoms with van der Waals surface area (Å²) in [6.07, 6.45) is 2.83. The second-order valence-corrected chi connectivity index (χ2v) is 6.95. The zero-order valence-corrected chi connectivity index (χ0v) is 14.7. The summed E-state index contributed by atoms with van der Waals surface area (Å²) in [6.45, 7) is 4.12. The van der Waals surface area contributed by atoms with Gasteiger partial charge in [0, 0.05) is 13.1 Å². The van der Waals surface area contributed by atoms with Crippen LogP contribution >= 0.6 is 12.4 Å². The van der Waals surface area contributed by atoms with Crippen LogP contribution in [0, 0.1) is 11.8 Å². The molecule has 0 bridgehead atoms. The number of hydrogen-bond donors (Lipinski definition) is 1. The lowest BCUT2D eigenvalue weighted by atomic mass is 9.92. The Hall–Kier alpha value is -1.58. The Kier molecular flexibility index (Phi) is 5.42. The Bertz CT molecular complexity index is 698. The van der Waals surface area contributed by atoms with Gasteiger partial charge in [-0.15, -0.1) is 12.4 Å². The molecule has 0 aromatic heterocycles. The van der Waals surface area contributed by atoms with Crippen LogP contribution in [0.1, 0.15) is 18.4 Å². The van der Waals surface area contributed by atoms with E-state index in [1.165, 1.54) is 10.8 Å². The molecule has 0 aliphatic carbocycles. The van der Waals surface area contributed by atoms with Gasteiger partial charge in [0.1, 0.15) is 0 Å². The zero-order valence-electron chi connectivity index (χ0n) is 13.9. The molecule has 2 atom stereocenters. The number of benzene rings is 2. The molecule has 1 amide bonds. The summed E-state index contributed by atoms with van der Waals surface area (Å²) in [5.74, 6) is 1.82. The molecule has 2 aromatic rings. The molecule has 2 fully saturated rings. The van der Waals surface area contributed by atoms with E-state index in [0.717, 1.165) is 56.4 Å². The van der Waals surface area contributed by atoms with Crippen LogP contribution in [-0.2, 0) is 11.2 Å². The molecule has 2 saturated heterocycles. The van der Waals surface area contributed by atoms with Crippen LogP contribution in [0.4, 0.5) is 0 Å². The SMILES string of the molecule is Cl.O=C(Cc1cccc2ccccc12)N1CC[C@@H]2CNC[C@@H]2CC1. The molecule has 4 heteroatoms. The van der Waals surface area contributed by atoms with Gasteiger partial charge in [0.15, 0.2) is 0 Å². The van der Waals surface area contributed by atoms with Gasteiger partial charge in [-0.05, 0) is 54.1 Å². The largest absolute Gasteiger partial charge is 0.342 e. The molecule has 0 saturated carbocycles. The molecule has 0 spiro atoms. The fraction of sp³-hybridized carbons (Fsp3) is 0.450. The Morgan fingerprint density at radius 1 is 1.00 bits per heavy atom. The molecular formula is C20H25ClN2O. The maximum absolute atomic E-state index is 12.8. The van der Waals surface area contributed by atoms with Gasteiger partial charge in [-0.2, -0.15) is 0 Å². The minimum Gasteiger partial charge on any atom is -0.342 e. The van der Waals surface area contributed by atoms with Crippen LogP contribution < -0.4 is 5.32 Å². The number of carbonyl (C=O) groups excluding carboxylic acids is 1. The van der Waals surface area contributed by atoms with Gasteiger partial charge in [0.05, 0.1) is 6.42 Å². The number of likely N-dealkylation sites (tertiary alicyclic amines) is 1. The average Bonchev–Trinajstić information content (AvgIpc) is 2.93. The third-order valence-electron chi connectivity index (χ3n) is 5.59. The van der Waals surface area contributed by atoms with Gasteiger partial charge in [-0.3, -0.25) is 4.79 Å². The van der Waals surface area contributed by atoms with Crippen LogP contribution in [0.15, 0.2) is 42.5 Å². The second kappa shape index (κ2) is 7.54. The molecule has 0 unspecified atom stereocenters. The fourth-order valence-electron chi connectivity index (χ4n) is 4.19. The zero-order chi connectivity index (χ0) is 15.6. The summed E-state index contributed by atoms with van der Waals surface area (Å²) in [7, 11) is 0. The number of rotatable bonds is 2. The summed E-state index contributed by atoms with van der Waals surface area (Å²) in [5.41, 5.74) is 1.15. The van der Waals surface area contributed by atoms with Crippen molar-refractivity contribution in [2.24, 2.45) is 11.8 Å². The lowest BCUT2D eigenvalue weighted by Gasteiger charge is -2.21. The summed E-state index contributed by atoms with van der Waals surface area (Å²) < 4.78 is 0. The molecule has 2 heterocycles. The van der Waals surface area contributed by atoms with E-state index in [4.69, 9.17) is 0 Å². The van der Waals surface area contributed by atoms with Gasteiger partial charge in [-0.1, -0.05) is 42.5 Å². The number of amides is 1. The molecule has 24 heavy (non-hydrogen) atoms. The predicted octanol–water partition coefficient (Wildman–Crippen LogP) is 3.26. The molecule has 2 aliphatic heterocycles. The number of hydrogen-bond acceptors (Lipinski definition) is 2. The molecule has 2 aliphatic rings. The first kappa shape index (κ1) is 17.2. The van der Waals surface area contributed by atoms with E-state index >= 15 is 0 Å². The van der Waals surface area contributed by atoms with Crippen molar-refractivity contribution in [2.45, 2.75) is 19.3 Å². The van der Waals surface area contributed by atoms with Crippen molar-refractivity contribution in [3.05, 3.63) is 48.0 Å². The lowest BCUT2D eigenvalue weighted by molar-refractivity contribution is -0.130. The van der Waals surface area contributed by atoms with Gasteiger partial charge in [-0.25, -0.2) is 0 Å². The standard InChI is InChI=1S/C20H24N2O.ClH/c23-20(22-10-8-17-13-21-14-18(17)9-11-22)12-16-6-3-5-15-4-1-2-7-19(15)16;/h1-7,17-18,21H,8-14H2;1H/t17-,18+;. The Morgan fingerprint density at radius 3 is 2.42 bits per heavy atom. The highest BCUT2D eigenvalue weighted by atomic mass is 35.5. The fourth-order valence-corrected chi connectivity index (χ4v) is 4.19. The van der Waals surface area contributed by atoms with Crippen LogP contribution in [-0.4, -0.2) is 37.0 Å². The Balaban J connectivity index is 0.00000169. The molecule has 4 rings (SSSR count). The number of carbonyl (C=O) groups is 1. The maximum atomic E-state index is 12.8. The lowest BCUT2D eigenvalue weighted by Crippen LogP contribution is -2.34. The first-order valence-corrected chi connectivity index (χ1v) is 8.76. The number of halogens is 1. The minimum absolute atomic E-state index is 0. The molecular weight excluding hydrogens is 320 g/mol. The van der Waals surface area contributed by atoms with E-state index in [1.54, 1.807) is 0 Å². The van der Waals surface area contributed by atoms with Crippen molar-refractivity contribution in [3.63, 3.8) is 0 Å². The highest BCUT2D eigenvalue weighted by Crippen LogP contribution is 2.27. The van der Waals surface area contributed by atoms with Crippen molar-refractivity contribution in [1.29, 1.82) is 0 Å². The van der Waals surface area contributed by atoms with Crippen molar-refractivity contribution in [3.8, 4) is 0 Å². The van der Waals surface area contributed by atoms with Crippen molar-refractivity contribution in [1.82, 2.24) is 10.2 Å². The van der Waals surface area contributed by atoms with Crippen LogP contribution in [0.5, 0.6) is 0 Å². The minimum atomic E-state index is 0. The summed E-state index contributed by atoms with van der Waals surface area (Å²) in [5, 5.41) is 5.92. The third-order valence-corrected chi connectivity index (χ3v) is 5.59. The number of nitrogens with zero attached hydrogens (tertiary/aromatic N) is 1. The molecule has 2 aromatic carbocycles. The molecule has 3 nitrogen and oxygen atoms in total. The summed E-state index contributed by atoms with van der Waals surface area (Å²) >= 11 is 0. The van der Waals surface area contributed by atoms with Gasteiger partial charge < -0.3 is 10.2 Å². The average molecular weight is 345 g/mol. The molecule has 128 valence electrons. The monoisotopic (exact) mass is 344 g/mol. The quantitative estimate of drug-likeness (QED) is 0.907. The number of nitrogens with one attached hydrogen (secondary N) is 1. The first-order chi connectivity index (χ1) is 11.3. The second-order valence-electron chi connectivity index (χ2n) is 6.95.